The minimum absolute atomic E-state index is 0.00714. The summed E-state index contributed by atoms with van der Waals surface area (Å²) in [6.07, 6.45) is 1.95. The molecule has 1 unspecified atom stereocenters. The van der Waals surface area contributed by atoms with Gasteiger partial charge in [-0.05, 0) is 38.0 Å². The standard InChI is InChI=1S/C16H23NO4/c1-3-21-16(19)13-5-4-8-17(11-13)10-12-6-7-14(18)15(9-12)20-2/h6-7,9,13,18H,3-5,8,10-11H2,1-2H3/p+1/t13-/m0/s1. The maximum absolute atomic E-state index is 11.9. The Hall–Kier alpha value is -1.75. The summed E-state index contributed by atoms with van der Waals surface area (Å²) in [7, 11) is 1.55. The quantitative estimate of drug-likeness (QED) is 0.787. The minimum atomic E-state index is -0.0713. The Morgan fingerprint density at radius 3 is 3.00 bits per heavy atom. The fourth-order valence-corrected chi connectivity index (χ4v) is 2.89. The molecule has 116 valence electrons. The topological polar surface area (TPSA) is 60.2 Å². The normalized spacial score (nSPS) is 21.8. The van der Waals surface area contributed by atoms with E-state index in [4.69, 9.17) is 9.47 Å². The Morgan fingerprint density at radius 1 is 1.48 bits per heavy atom. The number of nitrogens with one attached hydrogen (secondary N) is 1. The number of phenols is 1. The van der Waals surface area contributed by atoms with Crippen molar-refractivity contribution in [2.75, 3.05) is 26.8 Å². The molecule has 0 radical (unpaired) electrons. The number of methoxy groups -OCH3 is 1. The Bertz CT molecular complexity index is 489. The number of quaternary nitrogens is 1. The van der Waals surface area contributed by atoms with Gasteiger partial charge in [-0.3, -0.25) is 4.79 Å². The van der Waals surface area contributed by atoms with Gasteiger partial charge in [0, 0.05) is 5.56 Å². The second-order valence-electron chi connectivity index (χ2n) is 5.48. The van der Waals surface area contributed by atoms with E-state index in [-0.39, 0.29) is 17.6 Å². The predicted octanol–water partition coefficient (Wildman–Crippen LogP) is 0.759. The second kappa shape index (κ2) is 7.31. The molecule has 1 aliphatic heterocycles. The highest BCUT2D eigenvalue weighted by Crippen LogP contribution is 2.26. The number of esters is 1. The van der Waals surface area contributed by atoms with Gasteiger partial charge in [0.2, 0.25) is 0 Å². The zero-order valence-corrected chi connectivity index (χ0v) is 12.7. The van der Waals surface area contributed by atoms with Crippen molar-refractivity contribution in [1.29, 1.82) is 0 Å². The van der Waals surface area contributed by atoms with Crippen molar-refractivity contribution in [3.8, 4) is 11.5 Å². The van der Waals surface area contributed by atoms with Gasteiger partial charge in [0.25, 0.3) is 0 Å². The number of likely N-dealkylation sites (tertiary alicyclic amines) is 1. The van der Waals surface area contributed by atoms with Crippen LogP contribution >= 0.6 is 0 Å². The molecule has 1 aromatic carbocycles. The van der Waals surface area contributed by atoms with Gasteiger partial charge in [-0.1, -0.05) is 0 Å². The van der Waals surface area contributed by atoms with Crippen LogP contribution in [0.5, 0.6) is 11.5 Å². The monoisotopic (exact) mass is 294 g/mol. The van der Waals surface area contributed by atoms with Gasteiger partial charge in [-0.25, -0.2) is 0 Å². The molecule has 0 aromatic heterocycles. The molecule has 1 aromatic rings. The van der Waals surface area contributed by atoms with Crippen LogP contribution in [0.3, 0.4) is 0 Å². The third-order valence-corrected chi connectivity index (χ3v) is 3.94. The Morgan fingerprint density at radius 2 is 2.29 bits per heavy atom. The average Bonchev–Trinajstić information content (AvgIpc) is 2.50. The molecule has 0 amide bonds. The fraction of sp³-hybridized carbons (Fsp3) is 0.562. The van der Waals surface area contributed by atoms with E-state index in [2.05, 4.69) is 0 Å². The average molecular weight is 294 g/mol. The molecular formula is C16H24NO4+. The molecule has 5 nitrogen and oxygen atoms in total. The first kappa shape index (κ1) is 15.6. The van der Waals surface area contributed by atoms with Crippen molar-refractivity contribution in [3.63, 3.8) is 0 Å². The first-order valence-corrected chi connectivity index (χ1v) is 7.50. The summed E-state index contributed by atoms with van der Waals surface area (Å²) in [5, 5.41) is 9.62. The molecule has 21 heavy (non-hydrogen) atoms. The van der Waals surface area contributed by atoms with Gasteiger partial charge in [0.15, 0.2) is 11.5 Å². The molecule has 1 fully saturated rings. The van der Waals surface area contributed by atoms with Gasteiger partial charge in [-0.2, -0.15) is 0 Å². The lowest BCUT2D eigenvalue weighted by Gasteiger charge is -2.28. The fourth-order valence-electron chi connectivity index (χ4n) is 2.89. The van der Waals surface area contributed by atoms with Gasteiger partial charge in [-0.15, -0.1) is 0 Å². The van der Waals surface area contributed by atoms with Gasteiger partial charge >= 0.3 is 5.97 Å². The zero-order valence-electron chi connectivity index (χ0n) is 12.7. The predicted molar refractivity (Wildman–Crippen MR) is 78.4 cm³/mol. The summed E-state index contributed by atoms with van der Waals surface area (Å²) in [4.78, 5) is 13.2. The molecule has 1 aliphatic rings. The van der Waals surface area contributed by atoms with Crippen molar-refractivity contribution in [2.24, 2.45) is 5.92 Å². The lowest BCUT2D eigenvalue weighted by molar-refractivity contribution is -0.921. The first-order chi connectivity index (χ1) is 10.1. The number of phenolic OH excluding ortho intramolecular Hbond substituents is 1. The van der Waals surface area contributed by atoms with Crippen molar-refractivity contribution in [3.05, 3.63) is 23.8 Å². The Kier molecular flexibility index (Phi) is 5.44. The number of rotatable bonds is 5. The lowest BCUT2D eigenvalue weighted by Crippen LogP contribution is -3.12. The van der Waals surface area contributed by atoms with Crippen LogP contribution in [0.2, 0.25) is 0 Å². The number of ether oxygens (including phenoxy) is 2. The lowest BCUT2D eigenvalue weighted by atomic mass is 9.97. The highest BCUT2D eigenvalue weighted by Gasteiger charge is 2.29. The summed E-state index contributed by atoms with van der Waals surface area (Å²) in [6.45, 7) is 4.97. The molecule has 0 aliphatic carbocycles. The number of aromatic hydroxyl groups is 1. The molecular weight excluding hydrogens is 270 g/mol. The van der Waals surface area contributed by atoms with E-state index in [1.165, 1.54) is 4.90 Å². The summed E-state index contributed by atoms with van der Waals surface area (Å²) >= 11 is 0. The minimum Gasteiger partial charge on any atom is -0.504 e. The Balaban J connectivity index is 1.97. The molecule has 0 bridgehead atoms. The third kappa shape index (κ3) is 4.11. The summed E-state index contributed by atoms with van der Waals surface area (Å²) in [5.41, 5.74) is 1.10. The maximum Gasteiger partial charge on any atom is 0.314 e. The van der Waals surface area contributed by atoms with E-state index in [0.717, 1.165) is 38.0 Å². The van der Waals surface area contributed by atoms with E-state index in [9.17, 15) is 9.90 Å². The summed E-state index contributed by atoms with van der Waals surface area (Å²) in [6, 6.07) is 5.41. The molecule has 2 rings (SSSR count). The number of hydrogen-bond acceptors (Lipinski definition) is 4. The van der Waals surface area contributed by atoms with Crippen molar-refractivity contribution < 1.29 is 24.3 Å². The highest BCUT2D eigenvalue weighted by atomic mass is 16.5. The van der Waals surface area contributed by atoms with Crippen LogP contribution in [-0.4, -0.2) is 37.9 Å². The number of hydrogen-bond donors (Lipinski definition) is 2. The van der Waals surface area contributed by atoms with E-state index in [0.29, 0.717) is 12.4 Å². The molecule has 1 heterocycles. The summed E-state index contributed by atoms with van der Waals surface area (Å²) < 4.78 is 10.3. The van der Waals surface area contributed by atoms with Gasteiger partial charge < -0.3 is 19.5 Å². The smallest absolute Gasteiger partial charge is 0.314 e. The first-order valence-electron chi connectivity index (χ1n) is 7.50. The van der Waals surface area contributed by atoms with Crippen molar-refractivity contribution in [2.45, 2.75) is 26.3 Å². The summed E-state index contributed by atoms with van der Waals surface area (Å²) in [5.74, 6) is 0.579. The SMILES string of the molecule is CCOC(=O)[C@H]1CCC[NH+](Cc2ccc(O)c(OC)c2)C1. The highest BCUT2D eigenvalue weighted by molar-refractivity contribution is 5.72. The van der Waals surface area contributed by atoms with E-state index < -0.39 is 0 Å². The van der Waals surface area contributed by atoms with Crippen LogP contribution in [-0.2, 0) is 16.1 Å². The molecule has 5 heteroatoms. The van der Waals surface area contributed by atoms with Crippen LogP contribution in [0.1, 0.15) is 25.3 Å². The van der Waals surface area contributed by atoms with Crippen molar-refractivity contribution >= 4 is 5.97 Å². The zero-order chi connectivity index (χ0) is 15.2. The van der Waals surface area contributed by atoms with Crippen molar-refractivity contribution in [1.82, 2.24) is 0 Å². The number of piperidine rings is 1. The molecule has 0 saturated carbocycles. The Labute approximate surface area is 125 Å². The number of benzene rings is 1. The molecule has 0 spiro atoms. The van der Waals surface area contributed by atoms with Crippen LogP contribution in [0.15, 0.2) is 18.2 Å². The van der Waals surface area contributed by atoms with E-state index >= 15 is 0 Å². The van der Waals surface area contributed by atoms with E-state index in [1.54, 1.807) is 13.2 Å². The molecule has 2 atom stereocenters. The van der Waals surface area contributed by atoms with E-state index in [1.807, 2.05) is 19.1 Å². The second-order valence-corrected chi connectivity index (χ2v) is 5.48. The number of carbonyl (C=O) groups is 1. The van der Waals surface area contributed by atoms with Gasteiger partial charge in [0.05, 0.1) is 26.8 Å². The van der Waals surface area contributed by atoms with Gasteiger partial charge in [0.1, 0.15) is 12.5 Å². The third-order valence-electron chi connectivity index (χ3n) is 3.94. The van der Waals surface area contributed by atoms with Crippen LogP contribution < -0.4 is 9.64 Å². The number of carbonyl (C=O) groups excluding carboxylic acids is 1. The largest absolute Gasteiger partial charge is 0.504 e. The van der Waals surface area contributed by atoms with Crippen LogP contribution in [0, 0.1) is 5.92 Å². The molecule has 2 N–H and O–H groups in total. The van der Waals surface area contributed by atoms with Crippen LogP contribution in [0.4, 0.5) is 0 Å². The van der Waals surface area contributed by atoms with Crippen LogP contribution in [0.25, 0.3) is 0 Å². The molecule has 1 saturated heterocycles. The maximum atomic E-state index is 11.9.